The van der Waals surface area contributed by atoms with Crippen LogP contribution in [-0.4, -0.2) is 23.5 Å². The van der Waals surface area contributed by atoms with E-state index in [0.717, 1.165) is 34.6 Å². The summed E-state index contributed by atoms with van der Waals surface area (Å²) in [6.07, 6.45) is 4.36. The van der Waals surface area contributed by atoms with E-state index in [1.807, 2.05) is 51.1 Å². The Kier molecular flexibility index (Phi) is 4.65. The third-order valence-electron chi connectivity index (χ3n) is 4.37. The summed E-state index contributed by atoms with van der Waals surface area (Å²) in [5.41, 5.74) is 4.97. The fourth-order valence-electron chi connectivity index (χ4n) is 2.88. The molecule has 0 saturated heterocycles. The number of hydrogen-bond donors (Lipinski definition) is 1. The Morgan fingerprint density at radius 1 is 1.38 bits per heavy atom. The fourth-order valence-corrected chi connectivity index (χ4v) is 2.88. The van der Waals surface area contributed by atoms with E-state index >= 15 is 0 Å². The van der Waals surface area contributed by atoms with Gasteiger partial charge in [0.1, 0.15) is 11.9 Å². The molecule has 0 bridgehead atoms. The Labute approximate surface area is 142 Å². The molecule has 0 saturated carbocycles. The number of ether oxygens (including phenoxy) is 1. The van der Waals surface area contributed by atoms with Crippen LogP contribution in [0.3, 0.4) is 0 Å². The van der Waals surface area contributed by atoms with Crippen LogP contribution in [0.4, 0.5) is 0 Å². The number of allylic oxidation sites excluding steroid dienone is 1. The molecular weight excluding hydrogens is 300 g/mol. The van der Waals surface area contributed by atoms with E-state index in [9.17, 15) is 4.79 Å². The molecule has 0 spiro atoms. The van der Waals surface area contributed by atoms with E-state index in [1.165, 1.54) is 5.56 Å². The molecule has 0 unspecified atom stereocenters. The molecule has 4 heteroatoms. The number of amides is 1. The first-order valence-electron chi connectivity index (χ1n) is 8.21. The van der Waals surface area contributed by atoms with E-state index < -0.39 is 0 Å². The number of aryl methyl sites for hydroxylation is 1. The lowest BCUT2D eigenvalue weighted by molar-refractivity contribution is -0.117. The second-order valence-corrected chi connectivity index (χ2v) is 6.09. The Hall–Kier alpha value is -2.62. The number of nitrogens with zero attached hydrogens (tertiary/aromatic N) is 1. The minimum absolute atomic E-state index is 0.0428. The highest BCUT2D eigenvalue weighted by molar-refractivity contribution is 5.92. The summed E-state index contributed by atoms with van der Waals surface area (Å²) in [6, 6.07) is 10.1. The third kappa shape index (κ3) is 3.18. The first-order chi connectivity index (χ1) is 11.6. The number of fused-ring (bicyclic) bond motifs is 1. The van der Waals surface area contributed by atoms with Gasteiger partial charge in [0.15, 0.2) is 0 Å². The number of carbonyl (C=O) groups excluding carboxylic acids is 1. The van der Waals surface area contributed by atoms with E-state index in [2.05, 4.69) is 16.4 Å². The topological polar surface area (TPSA) is 51.2 Å². The van der Waals surface area contributed by atoms with Crippen molar-refractivity contribution >= 4 is 5.91 Å². The van der Waals surface area contributed by atoms with Gasteiger partial charge in [0.05, 0.1) is 12.2 Å². The van der Waals surface area contributed by atoms with Gasteiger partial charge in [-0.05, 0) is 44.0 Å². The molecule has 1 aromatic heterocycles. The predicted octanol–water partition coefficient (Wildman–Crippen LogP) is 3.44. The average molecular weight is 322 g/mol. The molecule has 1 aliphatic rings. The summed E-state index contributed by atoms with van der Waals surface area (Å²) in [4.78, 5) is 16.4. The number of nitrogens with one attached hydrogen (secondary N) is 1. The molecule has 2 heterocycles. The van der Waals surface area contributed by atoms with Crippen LogP contribution in [0.15, 0.2) is 48.2 Å². The van der Waals surface area contributed by atoms with Crippen molar-refractivity contribution in [2.24, 2.45) is 0 Å². The van der Waals surface area contributed by atoms with Crippen molar-refractivity contribution < 1.29 is 9.53 Å². The number of pyridine rings is 1. The van der Waals surface area contributed by atoms with E-state index in [0.29, 0.717) is 6.54 Å². The van der Waals surface area contributed by atoms with Gasteiger partial charge in [0.2, 0.25) is 5.91 Å². The van der Waals surface area contributed by atoms with Gasteiger partial charge >= 0.3 is 0 Å². The Bertz CT molecular complexity index is 796. The maximum absolute atomic E-state index is 11.9. The maximum Gasteiger partial charge on any atom is 0.246 e. The highest BCUT2D eigenvalue weighted by atomic mass is 16.5. The van der Waals surface area contributed by atoms with Crippen LogP contribution in [0.2, 0.25) is 0 Å². The molecule has 2 aromatic rings. The van der Waals surface area contributed by atoms with Gasteiger partial charge in [0.25, 0.3) is 0 Å². The molecule has 1 atom stereocenters. The maximum atomic E-state index is 11.9. The van der Waals surface area contributed by atoms with Crippen LogP contribution >= 0.6 is 0 Å². The zero-order chi connectivity index (χ0) is 17.1. The average Bonchev–Trinajstić information content (AvgIpc) is 3.02. The molecule has 3 rings (SSSR count). The number of carbonyl (C=O) groups is 1. The molecule has 4 nitrogen and oxygen atoms in total. The standard InChI is InChI=1S/C20H22N2O2/c1-4-13(2)20(23)22-12-16-11-15-8-5-9-17(19(15)24-16)18-14(3)7-6-10-21-18/h4-10,16H,11-12H2,1-3H3,(H,22,23)/b13-4+/t16-/m1/s1. The van der Waals surface area contributed by atoms with Crippen molar-refractivity contribution in [1.82, 2.24) is 10.3 Å². The first-order valence-corrected chi connectivity index (χ1v) is 8.21. The summed E-state index contributed by atoms with van der Waals surface area (Å²) in [7, 11) is 0. The largest absolute Gasteiger partial charge is 0.487 e. The van der Waals surface area contributed by atoms with E-state index in [4.69, 9.17) is 4.74 Å². The molecule has 0 aliphatic carbocycles. The van der Waals surface area contributed by atoms with Gasteiger partial charge in [0, 0.05) is 23.8 Å². The zero-order valence-electron chi connectivity index (χ0n) is 14.3. The van der Waals surface area contributed by atoms with Gasteiger partial charge in [-0.1, -0.05) is 24.3 Å². The van der Waals surface area contributed by atoms with Crippen molar-refractivity contribution in [2.45, 2.75) is 33.3 Å². The van der Waals surface area contributed by atoms with Gasteiger partial charge in [-0.3, -0.25) is 9.78 Å². The Morgan fingerprint density at radius 2 is 2.21 bits per heavy atom. The van der Waals surface area contributed by atoms with Crippen molar-refractivity contribution in [3.8, 4) is 17.0 Å². The highest BCUT2D eigenvalue weighted by Crippen LogP contribution is 2.38. The quantitative estimate of drug-likeness (QED) is 0.877. The number of hydrogen-bond acceptors (Lipinski definition) is 3. The van der Waals surface area contributed by atoms with Crippen molar-refractivity contribution in [2.75, 3.05) is 6.54 Å². The van der Waals surface area contributed by atoms with Crippen LogP contribution < -0.4 is 10.1 Å². The number of rotatable bonds is 4. The first kappa shape index (κ1) is 16.2. The molecule has 24 heavy (non-hydrogen) atoms. The summed E-state index contributed by atoms with van der Waals surface area (Å²) in [5, 5.41) is 2.93. The van der Waals surface area contributed by atoms with Crippen LogP contribution in [0.25, 0.3) is 11.3 Å². The lowest BCUT2D eigenvalue weighted by Gasteiger charge is -2.14. The molecule has 0 radical (unpaired) electrons. The van der Waals surface area contributed by atoms with Crippen molar-refractivity contribution in [3.05, 3.63) is 59.3 Å². The van der Waals surface area contributed by atoms with Crippen LogP contribution in [0.1, 0.15) is 25.0 Å². The number of aromatic nitrogens is 1. The number of benzene rings is 1. The molecule has 1 N–H and O–H groups in total. The van der Waals surface area contributed by atoms with Gasteiger partial charge in [-0.25, -0.2) is 0 Å². The molecule has 1 aliphatic heterocycles. The highest BCUT2D eigenvalue weighted by Gasteiger charge is 2.26. The summed E-state index contributed by atoms with van der Waals surface area (Å²) < 4.78 is 6.14. The minimum Gasteiger partial charge on any atom is -0.487 e. The summed E-state index contributed by atoms with van der Waals surface area (Å²) in [5.74, 6) is 0.846. The fraction of sp³-hybridized carbons (Fsp3) is 0.300. The van der Waals surface area contributed by atoms with Gasteiger partial charge in [-0.15, -0.1) is 0 Å². The predicted molar refractivity (Wildman–Crippen MR) is 95.0 cm³/mol. The van der Waals surface area contributed by atoms with Crippen molar-refractivity contribution in [3.63, 3.8) is 0 Å². The SMILES string of the molecule is C/C=C(\C)C(=O)NC[C@H]1Cc2cccc(-c3ncccc3C)c2O1. The second kappa shape index (κ2) is 6.87. The summed E-state index contributed by atoms with van der Waals surface area (Å²) >= 11 is 0. The monoisotopic (exact) mass is 322 g/mol. The minimum atomic E-state index is -0.0437. The van der Waals surface area contributed by atoms with Crippen molar-refractivity contribution in [1.29, 1.82) is 0 Å². The lowest BCUT2D eigenvalue weighted by atomic mass is 10.0. The lowest BCUT2D eigenvalue weighted by Crippen LogP contribution is -2.34. The van der Waals surface area contributed by atoms with E-state index in [1.54, 1.807) is 6.20 Å². The normalized spacial score (nSPS) is 16.5. The zero-order valence-corrected chi connectivity index (χ0v) is 14.3. The van der Waals surface area contributed by atoms with Crippen LogP contribution in [0.5, 0.6) is 5.75 Å². The molecule has 1 aromatic carbocycles. The molecule has 124 valence electrons. The number of para-hydroxylation sites is 1. The Morgan fingerprint density at radius 3 is 2.96 bits per heavy atom. The molecule has 1 amide bonds. The van der Waals surface area contributed by atoms with Crippen LogP contribution in [-0.2, 0) is 11.2 Å². The molecular formula is C20H22N2O2. The summed E-state index contributed by atoms with van der Waals surface area (Å²) in [6.45, 7) is 6.22. The van der Waals surface area contributed by atoms with Gasteiger partial charge in [-0.2, -0.15) is 0 Å². The Balaban J connectivity index is 1.78. The smallest absolute Gasteiger partial charge is 0.246 e. The third-order valence-corrected chi connectivity index (χ3v) is 4.37. The second-order valence-electron chi connectivity index (χ2n) is 6.09. The van der Waals surface area contributed by atoms with E-state index in [-0.39, 0.29) is 12.0 Å². The molecule has 0 fully saturated rings. The van der Waals surface area contributed by atoms with Crippen LogP contribution in [0, 0.1) is 6.92 Å². The van der Waals surface area contributed by atoms with Gasteiger partial charge < -0.3 is 10.1 Å².